The fourth-order valence-corrected chi connectivity index (χ4v) is 2.55. The van der Waals surface area contributed by atoms with Crippen LogP contribution < -0.4 is 16.4 Å². The van der Waals surface area contributed by atoms with Gasteiger partial charge in [-0.1, -0.05) is 12.5 Å². The van der Waals surface area contributed by atoms with Crippen LogP contribution in [0.2, 0.25) is 0 Å². The van der Waals surface area contributed by atoms with Crippen molar-refractivity contribution in [1.82, 2.24) is 0 Å². The average Bonchev–Trinajstić information content (AvgIpc) is 2.47. The van der Waals surface area contributed by atoms with Crippen molar-refractivity contribution in [2.45, 2.75) is 31.7 Å². The van der Waals surface area contributed by atoms with E-state index in [1.807, 2.05) is 0 Å². The fraction of sp³-hybridized carbons (Fsp3) is 0.467. The number of hydrogen-bond acceptors (Lipinski definition) is 4. The number of methoxy groups -OCH3 is 1. The highest BCUT2D eigenvalue weighted by Crippen LogP contribution is 2.25. The Kier molecular flexibility index (Phi) is 5.16. The number of nitrogens with one attached hydrogen (secondary N) is 2. The summed E-state index contributed by atoms with van der Waals surface area (Å²) >= 11 is 0. The second-order valence-electron chi connectivity index (χ2n) is 5.31. The first-order chi connectivity index (χ1) is 10.1. The van der Waals surface area contributed by atoms with E-state index >= 15 is 0 Å². The molecule has 0 spiro atoms. The first-order valence-electron chi connectivity index (χ1n) is 7.10. The van der Waals surface area contributed by atoms with Gasteiger partial charge in [0.15, 0.2) is 0 Å². The summed E-state index contributed by atoms with van der Waals surface area (Å²) in [4.78, 5) is 23.4. The molecule has 2 rings (SSSR count). The minimum Gasteiger partial charge on any atom is -0.453 e. The van der Waals surface area contributed by atoms with Crippen LogP contribution in [-0.4, -0.2) is 25.2 Å². The van der Waals surface area contributed by atoms with E-state index in [4.69, 9.17) is 5.73 Å². The molecule has 1 aliphatic rings. The van der Waals surface area contributed by atoms with E-state index in [9.17, 15) is 9.59 Å². The molecule has 21 heavy (non-hydrogen) atoms. The van der Waals surface area contributed by atoms with E-state index in [1.54, 1.807) is 24.3 Å². The van der Waals surface area contributed by atoms with Crippen LogP contribution in [-0.2, 0) is 9.53 Å². The van der Waals surface area contributed by atoms with Crippen molar-refractivity contribution in [3.05, 3.63) is 24.3 Å². The summed E-state index contributed by atoms with van der Waals surface area (Å²) < 4.78 is 4.53. The number of ether oxygens (including phenoxy) is 1. The van der Waals surface area contributed by atoms with Gasteiger partial charge in [0.05, 0.1) is 7.11 Å². The SMILES string of the molecule is COC(=O)Nc1cccc(NC(=O)C2CCCC(N)C2)c1. The van der Waals surface area contributed by atoms with Gasteiger partial charge in [-0.15, -0.1) is 0 Å². The third-order valence-corrected chi connectivity index (χ3v) is 3.65. The minimum absolute atomic E-state index is 0.0135. The fourth-order valence-electron chi connectivity index (χ4n) is 2.55. The van der Waals surface area contributed by atoms with Gasteiger partial charge in [0.2, 0.25) is 5.91 Å². The zero-order valence-corrected chi connectivity index (χ0v) is 12.1. The number of carbonyl (C=O) groups is 2. The van der Waals surface area contributed by atoms with Crippen molar-refractivity contribution >= 4 is 23.4 Å². The molecule has 0 saturated heterocycles. The highest BCUT2D eigenvalue weighted by molar-refractivity contribution is 5.94. The van der Waals surface area contributed by atoms with Gasteiger partial charge in [-0.2, -0.15) is 0 Å². The van der Waals surface area contributed by atoms with Gasteiger partial charge in [0, 0.05) is 23.3 Å². The van der Waals surface area contributed by atoms with Crippen molar-refractivity contribution in [3.8, 4) is 0 Å². The minimum atomic E-state index is -0.545. The van der Waals surface area contributed by atoms with Gasteiger partial charge in [0.25, 0.3) is 0 Å². The van der Waals surface area contributed by atoms with Crippen LogP contribution in [0.25, 0.3) is 0 Å². The molecule has 1 aliphatic carbocycles. The Labute approximate surface area is 124 Å². The van der Waals surface area contributed by atoms with Crippen LogP contribution in [0.3, 0.4) is 0 Å². The third-order valence-electron chi connectivity index (χ3n) is 3.65. The lowest BCUT2D eigenvalue weighted by Crippen LogP contribution is -2.34. The number of anilines is 2. The molecule has 1 aromatic carbocycles. The van der Waals surface area contributed by atoms with Gasteiger partial charge >= 0.3 is 6.09 Å². The molecule has 2 amide bonds. The van der Waals surface area contributed by atoms with E-state index in [2.05, 4.69) is 15.4 Å². The maximum absolute atomic E-state index is 12.2. The predicted molar refractivity (Wildman–Crippen MR) is 81.0 cm³/mol. The van der Waals surface area contributed by atoms with Crippen molar-refractivity contribution in [2.24, 2.45) is 11.7 Å². The van der Waals surface area contributed by atoms with Crippen LogP contribution in [0, 0.1) is 5.92 Å². The van der Waals surface area contributed by atoms with E-state index in [-0.39, 0.29) is 17.9 Å². The van der Waals surface area contributed by atoms with E-state index in [0.717, 1.165) is 25.7 Å². The zero-order valence-electron chi connectivity index (χ0n) is 12.1. The summed E-state index contributed by atoms with van der Waals surface area (Å²) in [5, 5.41) is 5.44. The quantitative estimate of drug-likeness (QED) is 0.796. The smallest absolute Gasteiger partial charge is 0.411 e. The second kappa shape index (κ2) is 7.08. The third kappa shape index (κ3) is 4.46. The van der Waals surface area contributed by atoms with Crippen LogP contribution in [0.1, 0.15) is 25.7 Å². The lowest BCUT2D eigenvalue weighted by Gasteiger charge is -2.25. The topological polar surface area (TPSA) is 93.5 Å². The number of rotatable bonds is 3. The molecular weight excluding hydrogens is 270 g/mol. The van der Waals surface area contributed by atoms with Crippen LogP contribution >= 0.6 is 0 Å². The van der Waals surface area contributed by atoms with Gasteiger partial charge in [-0.25, -0.2) is 4.79 Å². The van der Waals surface area contributed by atoms with E-state index in [0.29, 0.717) is 11.4 Å². The van der Waals surface area contributed by atoms with Gasteiger partial charge in [-0.05, 0) is 37.5 Å². The zero-order chi connectivity index (χ0) is 15.2. The molecule has 1 fully saturated rings. The Morgan fingerprint density at radius 3 is 2.62 bits per heavy atom. The Hall–Kier alpha value is -2.08. The number of hydrogen-bond donors (Lipinski definition) is 3. The molecule has 0 aliphatic heterocycles. The molecule has 0 aromatic heterocycles. The molecule has 0 radical (unpaired) electrons. The van der Waals surface area contributed by atoms with Crippen LogP contribution in [0.5, 0.6) is 0 Å². The van der Waals surface area contributed by atoms with Crippen molar-refractivity contribution in [1.29, 1.82) is 0 Å². The molecule has 0 heterocycles. The summed E-state index contributed by atoms with van der Waals surface area (Å²) in [6.07, 6.45) is 3.04. The maximum Gasteiger partial charge on any atom is 0.411 e. The van der Waals surface area contributed by atoms with Crippen molar-refractivity contribution in [2.75, 3.05) is 17.7 Å². The molecule has 0 bridgehead atoms. The first-order valence-corrected chi connectivity index (χ1v) is 7.10. The molecule has 4 N–H and O–H groups in total. The first kappa shape index (κ1) is 15.3. The van der Waals surface area contributed by atoms with Gasteiger partial charge in [-0.3, -0.25) is 10.1 Å². The summed E-state index contributed by atoms with van der Waals surface area (Å²) in [5.41, 5.74) is 7.12. The number of benzene rings is 1. The van der Waals surface area contributed by atoms with Crippen LogP contribution in [0.15, 0.2) is 24.3 Å². The highest BCUT2D eigenvalue weighted by atomic mass is 16.5. The Bertz CT molecular complexity index is 519. The molecule has 1 aromatic rings. The van der Waals surface area contributed by atoms with Crippen molar-refractivity contribution < 1.29 is 14.3 Å². The molecule has 2 unspecified atom stereocenters. The molecular formula is C15H21N3O3. The second-order valence-corrected chi connectivity index (χ2v) is 5.31. The molecule has 114 valence electrons. The lowest BCUT2D eigenvalue weighted by molar-refractivity contribution is -0.120. The summed E-state index contributed by atoms with van der Waals surface area (Å²) in [6.45, 7) is 0. The monoisotopic (exact) mass is 291 g/mol. The summed E-state index contributed by atoms with van der Waals surface area (Å²) in [5.74, 6) is -0.0497. The molecule has 2 atom stereocenters. The molecule has 6 heteroatoms. The largest absolute Gasteiger partial charge is 0.453 e. The maximum atomic E-state index is 12.2. The molecule has 1 saturated carbocycles. The normalized spacial score (nSPS) is 21.4. The van der Waals surface area contributed by atoms with Crippen LogP contribution in [0.4, 0.5) is 16.2 Å². The Morgan fingerprint density at radius 2 is 1.95 bits per heavy atom. The van der Waals surface area contributed by atoms with Gasteiger partial charge in [0.1, 0.15) is 0 Å². The highest BCUT2D eigenvalue weighted by Gasteiger charge is 2.25. The standard InChI is InChI=1S/C15H21N3O3/c1-21-15(20)18-13-7-3-6-12(9-13)17-14(19)10-4-2-5-11(16)8-10/h3,6-7,9-11H,2,4-5,8,16H2,1H3,(H,17,19)(H,18,20). The average molecular weight is 291 g/mol. The number of nitrogens with two attached hydrogens (primary N) is 1. The van der Waals surface area contributed by atoms with Gasteiger partial charge < -0.3 is 15.8 Å². The summed E-state index contributed by atoms with van der Waals surface area (Å²) in [6, 6.07) is 7.07. The lowest BCUT2D eigenvalue weighted by atomic mass is 9.85. The van der Waals surface area contributed by atoms with E-state index < -0.39 is 6.09 Å². The van der Waals surface area contributed by atoms with Crippen molar-refractivity contribution in [3.63, 3.8) is 0 Å². The Morgan fingerprint density at radius 1 is 1.24 bits per heavy atom. The summed E-state index contributed by atoms with van der Waals surface area (Å²) in [7, 11) is 1.30. The predicted octanol–water partition coefficient (Wildman–Crippen LogP) is 2.32. The molecule has 6 nitrogen and oxygen atoms in total. The number of carbonyl (C=O) groups excluding carboxylic acids is 2. The number of amides is 2. The Balaban J connectivity index is 1.97. The van der Waals surface area contributed by atoms with E-state index in [1.165, 1.54) is 7.11 Å².